The quantitative estimate of drug-likeness (QED) is 0.500. The first-order chi connectivity index (χ1) is 7.33. The van der Waals surface area contributed by atoms with Crippen molar-refractivity contribution >= 4 is 0 Å². The van der Waals surface area contributed by atoms with Gasteiger partial charge in [-0.3, -0.25) is 0 Å². The minimum absolute atomic E-state index is 0.0906. The molecular weight excluding hydrogens is 196 g/mol. The highest BCUT2D eigenvalue weighted by molar-refractivity contribution is 4.67. The molecule has 1 N–H and O–H groups in total. The van der Waals surface area contributed by atoms with Crippen LogP contribution >= 0.6 is 0 Å². The Morgan fingerprint density at radius 1 is 1.33 bits per heavy atom. The second-order valence-corrected chi connectivity index (χ2v) is 3.88. The van der Waals surface area contributed by atoms with Crippen molar-refractivity contribution in [3.63, 3.8) is 0 Å². The number of hydrogen-bond donors (Lipinski definition) is 1. The molecule has 0 aromatic heterocycles. The molecule has 1 rings (SSSR count). The molecule has 0 bridgehead atoms. The Labute approximate surface area is 91.5 Å². The van der Waals surface area contributed by atoms with Crippen LogP contribution in [0.5, 0.6) is 0 Å². The number of nitrogens with one attached hydrogen (secondary N) is 1. The van der Waals surface area contributed by atoms with Crippen molar-refractivity contribution in [2.45, 2.75) is 25.9 Å². The standard InChI is InChI=1S/C10H22N2O3/c1-10(14-15-13-2)4-3-7-12-8-5-11-6-9-12/h10-11H,3-9H2,1-2H3. The molecule has 1 fully saturated rings. The van der Waals surface area contributed by atoms with Gasteiger partial charge in [-0.05, 0) is 26.3 Å². The summed E-state index contributed by atoms with van der Waals surface area (Å²) in [5.74, 6) is 0. The topological polar surface area (TPSA) is 43.0 Å². The number of piperazine rings is 1. The van der Waals surface area contributed by atoms with E-state index >= 15 is 0 Å². The van der Waals surface area contributed by atoms with Crippen molar-refractivity contribution in [3.05, 3.63) is 0 Å². The Balaban J connectivity index is 1.94. The molecule has 5 heteroatoms. The van der Waals surface area contributed by atoms with Gasteiger partial charge in [-0.25, -0.2) is 9.78 Å². The molecule has 0 aliphatic carbocycles. The summed E-state index contributed by atoms with van der Waals surface area (Å²) >= 11 is 0. The van der Waals surface area contributed by atoms with Gasteiger partial charge in [0.25, 0.3) is 0 Å². The lowest BCUT2D eigenvalue weighted by Crippen LogP contribution is -2.43. The highest BCUT2D eigenvalue weighted by Crippen LogP contribution is 2.04. The smallest absolute Gasteiger partial charge is 0.0933 e. The molecule has 0 aromatic carbocycles. The fraction of sp³-hybridized carbons (Fsp3) is 1.00. The summed E-state index contributed by atoms with van der Waals surface area (Å²) in [7, 11) is 1.44. The van der Waals surface area contributed by atoms with Gasteiger partial charge in [-0.15, -0.1) is 0 Å². The normalized spacial score (nSPS) is 20.4. The summed E-state index contributed by atoms with van der Waals surface area (Å²) in [5, 5.41) is 7.75. The largest absolute Gasteiger partial charge is 0.314 e. The molecule has 1 saturated heterocycles. The highest BCUT2D eigenvalue weighted by Gasteiger charge is 2.10. The first kappa shape index (κ1) is 12.9. The van der Waals surface area contributed by atoms with Crippen LogP contribution in [0.3, 0.4) is 0 Å². The maximum absolute atomic E-state index is 4.93. The first-order valence-corrected chi connectivity index (χ1v) is 5.62. The monoisotopic (exact) mass is 218 g/mol. The molecule has 1 unspecified atom stereocenters. The molecule has 15 heavy (non-hydrogen) atoms. The van der Waals surface area contributed by atoms with Gasteiger partial charge in [-0.1, -0.05) is 5.04 Å². The fourth-order valence-electron chi connectivity index (χ4n) is 1.69. The van der Waals surface area contributed by atoms with E-state index in [0.29, 0.717) is 0 Å². The number of nitrogens with zero attached hydrogens (tertiary/aromatic N) is 1. The third-order valence-corrected chi connectivity index (χ3v) is 2.57. The lowest BCUT2D eigenvalue weighted by Gasteiger charge is -2.27. The Morgan fingerprint density at radius 3 is 2.73 bits per heavy atom. The zero-order chi connectivity index (χ0) is 10.9. The molecule has 0 amide bonds. The van der Waals surface area contributed by atoms with Crippen molar-refractivity contribution in [2.75, 3.05) is 39.8 Å². The van der Waals surface area contributed by atoms with Gasteiger partial charge in [0.2, 0.25) is 0 Å². The van der Waals surface area contributed by atoms with Gasteiger partial charge in [-0.2, -0.15) is 0 Å². The van der Waals surface area contributed by atoms with Gasteiger partial charge in [0.15, 0.2) is 0 Å². The fourth-order valence-corrected chi connectivity index (χ4v) is 1.69. The average Bonchev–Trinajstić information content (AvgIpc) is 2.28. The van der Waals surface area contributed by atoms with E-state index in [9.17, 15) is 0 Å². The summed E-state index contributed by atoms with van der Waals surface area (Å²) in [4.78, 5) is 11.8. The Hall–Kier alpha value is -0.200. The Bertz CT molecular complexity index is 152. The van der Waals surface area contributed by atoms with Crippen molar-refractivity contribution < 1.29 is 14.8 Å². The summed E-state index contributed by atoms with van der Waals surface area (Å²) in [6.07, 6.45) is 2.22. The predicted octanol–water partition coefficient (Wildman–Crippen LogP) is 0.570. The second-order valence-electron chi connectivity index (χ2n) is 3.88. The average molecular weight is 218 g/mol. The van der Waals surface area contributed by atoms with Crippen LogP contribution < -0.4 is 5.32 Å². The van der Waals surface area contributed by atoms with Crippen LogP contribution in [0.2, 0.25) is 0 Å². The van der Waals surface area contributed by atoms with Crippen molar-refractivity contribution in [1.29, 1.82) is 0 Å². The lowest BCUT2D eigenvalue weighted by molar-refractivity contribution is -0.515. The first-order valence-electron chi connectivity index (χ1n) is 5.62. The van der Waals surface area contributed by atoms with Crippen LogP contribution in [0.4, 0.5) is 0 Å². The Morgan fingerprint density at radius 2 is 2.07 bits per heavy atom. The van der Waals surface area contributed by atoms with E-state index in [4.69, 9.17) is 4.89 Å². The van der Waals surface area contributed by atoms with E-state index in [1.165, 1.54) is 7.11 Å². The molecule has 1 aliphatic heterocycles. The molecule has 90 valence electrons. The van der Waals surface area contributed by atoms with Crippen molar-refractivity contribution in [3.8, 4) is 0 Å². The Kier molecular flexibility index (Phi) is 6.87. The molecule has 0 aromatic rings. The molecule has 5 nitrogen and oxygen atoms in total. The van der Waals surface area contributed by atoms with Crippen LogP contribution in [0, 0.1) is 0 Å². The zero-order valence-corrected chi connectivity index (χ0v) is 9.70. The molecular formula is C10H22N2O3. The van der Waals surface area contributed by atoms with Crippen LogP contribution in [0.1, 0.15) is 19.8 Å². The molecule has 1 aliphatic rings. The molecule has 1 heterocycles. The van der Waals surface area contributed by atoms with Gasteiger partial charge >= 0.3 is 0 Å². The van der Waals surface area contributed by atoms with E-state index in [-0.39, 0.29) is 6.10 Å². The summed E-state index contributed by atoms with van der Waals surface area (Å²) < 4.78 is 0. The molecule has 0 radical (unpaired) electrons. The SMILES string of the molecule is COOOC(C)CCCN1CCNCC1. The van der Waals surface area contributed by atoms with E-state index in [0.717, 1.165) is 45.6 Å². The summed E-state index contributed by atoms with van der Waals surface area (Å²) in [6, 6.07) is 0. The number of rotatable bonds is 7. The number of hydrogen-bond acceptors (Lipinski definition) is 5. The maximum Gasteiger partial charge on any atom is 0.0933 e. The van der Waals surface area contributed by atoms with Crippen LogP contribution in [-0.4, -0.2) is 50.8 Å². The second kappa shape index (κ2) is 8.01. The van der Waals surface area contributed by atoms with E-state index < -0.39 is 0 Å². The maximum atomic E-state index is 4.93. The van der Waals surface area contributed by atoms with E-state index in [1.54, 1.807) is 0 Å². The van der Waals surface area contributed by atoms with Gasteiger partial charge in [0.1, 0.15) is 0 Å². The van der Waals surface area contributed by atoms with Gasteiger partial charge in [0.05, 0.1) is 13.2 Å². The van der Waals surface area contributed by atoms with Gasteiger partial charge in [0, 0.05) is 26.2 Å². The molecule has 0 saturated carbocycles. The highest BCUT2D eigenvalue weighted by atomic mass is 17.5. The summed E-state index contributed by atoms with van der Waals surface area (Å²) in [6.45, 7) is 7.66. The predicted molar refractivity (Wildman–Crippen MR) is 57.2 cm³/mol. The molecule has 0 spiro atoms. The molecule has 1 atom stereocenters. The van der Waals surface area contributed by atoms with E-state index in [2.05, 4.69) is 20.1 Å². The van der Waals surface area contributed by atoms with Crippen molar-refractivity contribution in [2.24, 2.45) is 0 Å². The zero-order valence-electron chi connectivity index (χ0n) is 9.70. The van der Waals surface area contributed by atoms with Crippen molar-refractivity contribution in [1.82, 2.24) is 10.2 Å². The van der Waals surface area contributed by atoms with Crippen LogP contribution in [0.15, 0.2) is 0 Å². The van der Waals surface area contributed by atoms with Crippen LogP contribution in [0.25, 0.3) is 0 Å². The van der Waals surface area contributed by atoms with E-state index in [1.807, 2.05) is 6.92 Å². The van der Waals surface area contributed by atoms with Crippen LogP contribution in [-0.2, 0) is 14.8 Å². The lowest BCUT2D eigenvalue weighted by atomic mass is 10.2. The minimum Gasteiger partial charge on any atom is -0.314 e. The third-order valence-electron chi connectivity index (χ3n) is 2.57. The third kappa shape index (κ3) is 6.06. The minimum atomic E-state index is 0.0906. The van der Waals surface area contributed by atoms with Gasteiger partial charge < -0.3 is 10.2 Å². The summed E-state index contributed by atoms with van der Waals surface area (Å²) in [5.41, 5.74) is 0.